The number of rotatable bonds is 3. The second-order valence-electron chi connectivity index (χ2n) is 5.78. The Kier molecular flexibility index (Phi) is 3.20. The molecule has 1 unspecified atom stereocenters. The van der Waals surface area contributed by atoms with Crippen LogP contribution in [0.2, 0.25) is 0 Å². The summed E-state index contributed by atoms with van der Waals surface area (Å²) in [5.74, 6) is 0. The molecule has 1 fully saturated rings. The smallest absolute Gasteiger partial charge is 0.137 e. The van der Waals surface area contributed by atoms with Gasteiger partial charge in [0, 0.05) is 23.8 Å². The molecule has 106 valence electrons. The minimum absolute atomic E-state index is 0.486. The average Bonchev–Trinajstić information content (AvgIpc) is 3.14. The van der Waals surface area contributed by atoms with Crippen LogP contribution >= 0.6 is 0 Å². The molecule has 3 heterocycles. The molecule has 3 nitrogen and oxygen atoms in total. The lowest BCUT2D eigenvalue weighted by Gasteiger charge is -2.23. The van der Waals surface area contributed by atoms with E-state index in [-0.39, 0.29) is 0 Å². The molecule has 4 rings (SSSR count). The molecule has 3 aromatic rings. The number of H-pyrrole nitrogens is 1. The highest BCUT2D eigenvalue weighted by atomic mass is 15.2. The molecular weight excluding hydrogens is 258 g/mol. The number of benzene rings is 1. The van der Waals surface area contributed by atoms with Gasteiger partial charge in [-0.1, -0.05) is 30.3 Å². The minimum atomic E-state index is 0.486. The third-order valence-electron chi connectivity index (χ3n) is 4.36. The second kappa shape index (κ2) is 5.34. The van der Waals surface area contributed by atoms with Crippen molar-refractivity contribution in [3.63, 3.8) is 0 Å². The number of aromatic amines is 1. The first-order valence-electron chi connectivity index (χ1n) is 7.62. The number of pyridine rings is 1. The van der Waals surface area contributed by atoms with E-state index in [1.807, 2.05) is 12.3 Å². The van der Waals surface area contributed by atoms with Crippen LogP contribution in [0.5, 0.6) is 0 Å². The van der Waals surface area contributed by atoms with Crippen molar-refractivity contribution in [3.8, 4) is 0 Å². The van der Waals surface area contributed by atoms with Gasteiger partial charge in [0.1, 0.15) is 5.65 Å². The van der Waals surface area contributed by atoms with Gasteiger partial charge in [0.25, 0.3) is 0 Å². The van der Waals surface area contributed by atoms with Gasteiger partial charge >= 0.3 is 0 Å². The lowest BCUT2D eigenvalue weighted by Crippen LogP contribution is -2.22. The molecule has 1 N–H and O–H groups in total. The lowest BCUT2D eigenvalue weighted by atomic mass is 10.1. The van der Waals surface area contributed by atoms with Gasteiger partial charge in [-0.15, -0.1) is 0 Å². The fourth-order valence-electron chi connectivity index (χ4n) is 3.34. The summed E-state index contributed by atoms with van der Waals surface area (Å²) in [6.45, 7) is 2.19. The molecule has 0 saturated carbocycles. The van der Waals surface area contributed by atoms with Crippen LogP contribution in [0.25, 0.3) is 11.0 Å². The molecule has 3 heteroatoms. The maximum atomic E-state index is 4.41. The van der Waals surface area contributed by atoms with Crippen LogP contribution in [0, 0.1) is 0 Å². The van der Waals surface area contributed by atoms with Gasteiger partial charge < -0.3 is 4.98 Å². The first kappa shape index (κ1) is 12.6. The topological polar surface area (TPSA) is 31.9 Å². The molecule has 0 aliphatic carbocycles. The summed E-state index contributed by atoms with van der Waals surface area (Å²) in [5, 5.41) is 1.21. The SMILES string of the molecule is c1ccc(CN2CCCC2c2cc3cccnc3[nH]2)cc1. The summed E-state index contributed by atoms with van der Waals surface area (Å²) in [4.78, 5) is 10.5. The highest BCUT2D eigenvalue weighted by molar-refractivity contribution is 5.76. The van der Waals surface area contributed by atoms with Gasteiger partial charge in [-0.25, -0.2) is 4.98 Å². The first-order chi connectivity index (χ1) is 10.4. The molecule has 1 aromatic carbocycles. The van der Waals surface area contributed by atoms with Crippen molar-refractivity contribution in [1.29, 1.82) is 0 Å². The summed E-state index contributed by atoms with van der Waals surface area (Å²) in [5.41, 5.74) is 3.69. The Balaban J connectivity index is 1.61. The summed E-state index contributed by atoms with van der Waals surface area (Å²) in [6.07, 6.45) is 4.33. The van der Waals surface area contributed by atoms with Crippen LogP contribution in [-0.4, -0.2) is 21.4 Å². The predicted molar refractivity (Wildman–Crippen MR) is 84.9 cm³/mol. The van der Waals surface area contributed by atoms with Gasteiger partial charge in [0.15, 0.2) is 0 Å². The first-order valence-corrected chi connectivity index (χ1v) is 7.62. The maximum absolute atomic E-state index is 4.41. The molecule has 1 saturated heterocycles. The summed E-state index contributed by atoms with van der Waals surface area (Å²) in [7, 11) is 0. The minimum Gasteiger partial charge on any atom is -0.342 e. The van der Waals surface area contributed by atoms with Crippen molar-refractivity contribution >= 4 is 11.0 Å². The van der Waals surface area contributed by atoms with E-state index in [0.29, 0.717) is 6.04 Å². The molecule has 0 amide bonds. The molecule has 1 aliphatic rings. The zero-order valence-corrected chi connectivity index (χ0v) is 12.0. The normalized spacial score (nSPS) is 19.3. The van der Waals surface area contributed by atoms with E-state index in [1.165, 1.54) is 36.0 Å². The van der Waals surface area contributed by atoms with Gasteiger partial charge in [-0.3, -0.25) is 4.90 Å². The van der Waals surface area contributed by atoms with Crippen LogP contribution in [0.4, 0.5) is 0 Å². The quantitative estimate of drug-likeness (QED) is 0.787. The maximum Gasteiger partial charge on any atom is 0.137 e. The molecule has 1 atom stereocenters. The number of aromatic nitrogens is 2. The fourth-order valence-corrected chi connectivity index (χ4v) is 3.34. The number of hydrogen-bond acceptors (Lipinski definition) is 2. The average molecular weight is 277 g/mol. The van der Waals surface area contributed by atoms with Gasteiger partial charge in [-0.05, 0) is 43.1 Å². The molecule has 21 heavy (non-hydrogen) atoms. The lowest BCUT2D eigenvalue weighted by molar-refractivity contribution is 0.245. The number of fused-ring (bicyclic) bond motifs is 1. The Hall–Kier alpha value is -2.13. The van der Waals surface area contributed by atoms with E-state index < -0.39 is 0 Å². The molecular formula is C18H19N3. The number of likely N-dealkylation sites (tertiary alicyclic amines) is 1. The Labute approximate surface area is 124 Å². The Morgan fingerprint density at radius 2 is 2.05 bits per heavy atom. The van der Waals surface area contributed by atoms with Crippen molar-refractivity contribution in [2.24, 2.45) is 0 Å². The Morgan fingerprint density at radius 3 is 2.90 bits per heavy atom. The van der Waals surface area contributed by atoms with Crippen molar-refractivity contribution in [2.45, 2.75) is 25.4 Å². The van der Waals surface area contributed by atoms with E-state index in [1.54, 1.807) is 0 Å². The highest BCUT2D eigenvalue weighted by Gasteiger charge is 2.27. The molecule has 2 aromatic heterocycles. The van der Waals surface area contributed by atoms with Crippen LogP contribution in [0.1, 0.15) is 30.1 Å². The third-order valence-corrected chi connectivity index (χ3v) is 4.36. The van der Waals surface area contributed by atoms with E-state index in [4.69, 9.17) is 0 Å². The van der Waals surface area contributed by atoms with Crippen LogP contribution < -0.4 is 0 Å². The number of nitrogens with one attached hydrogen (secondary N) is 1. The zero-order chi connectivity index (χ0) is 14.1. The molecule has 0 spiro atoms. The number of nitrogens with zero attached hydrogens (tertiary/aromatic N) is 2. The van der Waals surface area contributed by atoms with E-state index in [2.05, 4.69) is 57.3 Å². The highest BCUT2D eigenvalue weighted by Crippen LogP contribution is 2.33. The number of hydrogen-bond donors (Lipinski definition) is 1. The second-order valence-corrected chi connectivity index (χ2v) is 5.78. The molecule has 0 bridgehead atoms. The largest absolute Gasteiger partial charge is 0.342 e. The summed E-state index contributed by atoms with van der Waals surface area (Å²) in [6, 6.07) is 17.6. The van der Waals surface area contributed by atoms with Crippen LogP contribution in [0.3, 0.4) is 0 Å². The monoisotopic (exact) mass is 277 g/mol. The predicted octanol–water partition coefficient (Wildman–Crippen LogP) is 3.90. The third kappa shape index (κ3) is 2.45. The van der Waals surface area contributed by atoms with Gasteiger partial charge in [0.2, 0.25) is 0 Å². The van der Waals surface area contributed by atoms with Gasteiger partial charge in [-0.2, -0.15) is 0 Å². The van der Waals surface area contributed by atoms with Crippen molar-refractivity contribution in [3.05, 3.63) is 66.0 Å². The zero-order valence-electron chi connectivity index (χ0n) is 12.0. The molecule has 1 aliphatic heterocycles. The van der Waals surface area contributed by atoms with E-state index >= 15 is 0 Å². The molecule has 0 radical (unpaired) electrons. The fraction of sp³-hybridized carbons (Fsp3) is 0.278. The van der Waals surface area contributed by atoms with Crippen molar-refractivity contribution in [2.75, 3.05) is 6.54 Å². The van der Waals surface area contributed by atoms with Gasteiger partial charge in [0.05, 0.1) is 6.04 Å². The van der Waals surface area contributed by atoms with E-state index in [9.17, 15) is 0 Å². The summed E-state index contributed by atoms with van der Waals surface area (Å²) < 4.78 is 0. The Bertz CT molecular complexity index is 699. The van der Waals surface area contributed by atoms with Crippen molar-refractivity contribution < 1.29 is 0 Å². The van der Waals surface area contributed by atoms with Crippen LogP contribution in [0.15, 0.2) is 54.7 Å². The summed E-state index contributed by atoms with van der Waals surface area (Å²) >= 11 is 0. The van der Waals surface area contributed by atoms with Crippen LogP contribution in [-0.2, 0) is 6.54 Å². The standard InChI is InChI=1S/C18H19N3/c1-2-6-14(7-3-1)13-21-11-5-9-17(21)16-12-15-8-4-10-19-18(15)20-16/h1-4,6-8,10,12,17H,5,9,11,13H2,(H,19,20). The van der Waals surface area contributed by atoms with Crippen molar-refractivity contribution in [1.82, 2.24) is 14.9 Å². The van der Waals surface area contributed by atoms with E-state index in [0.717, 1.165) is 12.2 Å². The Morgan fingerprint density at radius 1 is 1.14 bits per heavy atom.